The molecule has 188 valence electrons. The van der Waals surface area contributed by atoms with E-state index < -0.39 is 7.80 Å². The summed E-state index contributed by atoms with van der Waals surface area (Å²) < 4.78 is 23.8. The van der Waals surface area contributed by atoms with Gasteiger partial charge < -0.3 is 9.47 Å². The third-order valence-corrected chi connectivity index (χ3v) is 8.15. The van der Waals surface area contributed by atoms with Gasteiger partial charge in [0, 0.05) is 33.0 Å². The van der Waals surface area contributed by atoms with Crippen molar-refractivity contribution in [3.63, 3.8) is 0 Å². The van der Waals surface area contributed by atoms with Gasteiger partial charge >= 0.3 is 7.80 Å². The van der Waals surface area contributed by atoms with E-state index in [1.165, 1.54) is 81.8 Å². The van der Waals surface area contributed by atoms with Crippen LogP contribution in [0.3, 0.4) is 0 Å². The molecule has 0 aromatic heterocycles. The Balaban J connectivity index is 1.94. The van der Waals surface area contributed by atoms with E-state index in [2.05, 4.69) is 18.2 Å². The first-order valence-corrected chi connectivity index (χ1v) is 14.6. The van der Waals surface area contributed by atoms with Crippen LogP contribution in [-0.2, 0) is 26.9 Å². The van der Waals surface area contributed by atoms with Crippen LogP contribution in [0.1, 0.15) is 88.2 Å². The highest BCUT2D eigenvalue weighted by atomic mass is 31.1. The van der Waals surface area contributed by atoms with Crippen molar-refractivity contribution in [2.45, 2.75) is 89.9 Å². The molecule has 0 saturated carbocycles. The highest BCUT2D eigenvalue weighted by molar-refractivity contribution is 7.61. The van der Waals surface area contributed by atoms with E-state index in [-0.39, 0.29) is 0 Å². The van der Waals surface area contributed by atoms with Gasteiger partial charge in [-0.15, -0.1) is 0 Å². The number of hydrogen-bond acceptors (Lipinski definition) is 3. The van der Waals surface area contributed by atoms with Crippen molar-refractivity contribution in [1.29, 1.82) is 0 Å². The first-order valence-electron chi connectivity index (χ1n) is 13.4. The summed E-state index contributed by atoms with van der Waals surface area (Å²) in [5.74, 6) is 0. The van der Waals surface area contributed by atoms with E-state index in [1.807, 2.05) is 30.3 Å². The molecule has 0 amide bonds. The second kappa shape index (κ2) is 18.7. The molecule has 0 saturated heterocycles. The van der Waals surface area contributed by atoms with Crippen molar-refractivity contribution in [3.05, 3.63) is 59.7 Å². The number of benzene rings is 2. The molecule has 1 atom stereocenters. The van der Waals surface area contributed by atoms with Crippen LogP contribution < -0.4 is 10.6 Å². The molecule has 3 nitrogen and oxygen atoms in total. The summed E-state index contributed by atoms with van der Waals surface area (Å²) in [5.41, 5.74) is 2.77. The number of rotatable bonds is 20. The fourth-order valence-corrected chi connectivity index (χ4v) is 6.00. The zero-order chi connectivity index (χ0) is 24.3. The van der Waals surface area contributed by atoms with E-state index in [0.717, 1.165) is 43.1 Å². The van der Waals surface area contributed by atoms with Gasteiger partial charge in [-0.25, -0.2) is 0 Å². The van der Waals surface area contributed by atoms with Crippen LogP contribution in [0.2, 0.25) is 0 Å². The molecule has 0 radical (unpaired) electrons. The van der Waals surface area contributed by atoms with Crippen molar-refractivity contribution in [2.75, 3.05) is 27.4 Å². The Morgan fingerprint density at radius 2 is 1.12 bits per heavy atom. The number of unbranched alkanes of at least 4 members (excludes halogenated alkanes) is 10. The summed E-state index contributed by atoms with van der Waals surface area (Å²) in [7, 11) is 2.01. The fraction of sp³-hybridized carbons (Fsp3) is 0.600. The van der Waals surface area contributed by atoms with Gasteiger partial charge in [0.1, 0.15) is 0 Å². The van der Waals surface area contributed by atoms with Crippen LogP contribution in [0.25, 0.3) is 0 Å². The Morgan fingerprint density at radius 3 is 1.71 bits per heavy atom. The van der Waals surface area contributed by atoms with Gasteiger partial charge in [0.15, 0.2) is 10.6 Å². The monoisotopic (exact) mass is 485 g/mol. The molecule has 0 aliphatic heterocycles. The van der Waals surface area contributed by atoms with E-state index in [9.17, 15) is 4.57 Å². The number of methoxy groups -OCH3 is 2. The first-order chi connectivity index (χ1) is 16.8. The minimum Gasteiger partial charge on any atom is -0.385 e. The molecular formula is C30H46O3P+. The standard InChI is InChI=1S/C30H46O3P/c1-32-25-16-9-5-3-7-12-19-27-20-18-24-30(34(31)28-21-13-11-14-22-28)29(27)23-15-8-4-6-10-17-26-33-2/h11,13-14,18,20-22,24H,3-10,12,15-17,19,23,25-26H2,1-2H3/q+1. The van der Waals surface area contributed by atoms with Crippen LogP contribution in [0.15, 0.2) is 48.5 Å². The van der Waals surface area contributed by atoms with Crippen LogP contribution in [-0.4, -0.2) is 27.4 Å². The normalized spacial score (nSPS) is 11.6. The molecule has 2 aromatic carbocycles. The van der Waals surface area contributed by atoms with Crippen LogP contribution in [0, 0.1) is 0 Å². The molecule has 4 heteroatoms. The second-order valence-electron chi connectivity index (χ2n) is 9.27. The smallest absolute Gasteiger partial charge is 0.385 e. The molecule has 0 aliphatic carbocycles. The SMILES string of the molecule is COCCCCCCCCc1cccc([P+](=O)c2ccccc2)c1CCCCCCCCOC. The van der Waals surface area contributed by atoms with Gasteiger partial charge in [0.2, 0.25) is 0 Å². The van der Waals surface area contributed by atoms with Crippen molar-refractivity contribution in [2.24, 2.45) is 0 Å². The van der Waals surface area contributed by atoms with Gasteiger partial charge in [-0.3, -0.25) is 0 Å². The van der Waals surface area contributed by atoms with Crippen molar-refractivity contribution in [1.82, 2.24) is 0 Å². The van der Waals surface area contributed by atoms with Crippen molar-refractivity contribution < 1.29 is 14.0 Å². The summed E-state index contributed by atoms with van der Waals surface area (Å²) in [6.07, 6.45) is 17.0. The van der Waals surface area contributed by atoms with E-state index >= 15 is 0 Å². The van der Waals surface area contributed by atoms with E-state index in [1.54, 1.807) is 14.2 Å². The highest BCUT2D eigenvalue weighted by Crippen LogP contribution is 2.26. The topological polar surface area (TPSA) is 35.5 Å². The molecule has 2 aromatic rings. The van der Waals surface area contributed by atoms with Crippen molar-refractivity contribution >= 4 is 18.4 Å². The van der Waals surface area contributed by atoms with Crippen molar-refractivity contribution in [3.8, 4) is 0 Å². The lowest BCUT2D eigenvalue weighted by Gasteiger charge is -2.11. The van der Waals surface area contributed by atoms with Crippen LogP contribution in [0.4, 0.5) is 0 Å². The van der Waals surface area contributed by atoms with Gasteiger partial charge in [-0.05, 0) is 62.3 Å². The maximum Gasteiger partial charge on any atom is 0.415 e. The molecule has 0 aliphatic rings. The summed E-state index contributed by atoms with van der Waals surface area (Å²) in [5, 5.41) is 1.99. The summed E-state index contributed by atoms with van der Waals surface area (Å²) in [6, 6.07) is 16.5. The largest absolute Gasteiger partial charge is 0.415 e. The maximum atomic E-state index is 13.5. The average molecular weight is 486 g/mol. The van der Waals surface area contributed by atoms with Gasteiger partial charge in [-0.1, -0.05) is 86.3 Å². The average Bonchev–Trinajstić information content (AvgIpc) is 2.87. The molecule has 34 heavy (non-hydrogen) atoms. The Morgan fingerprint density at radius 1 is 0.588 bits per heavy atom. The zero-order valence-electron chi connectivity index (χ0n) is 21.6. The zero-order valence-corrected chi connectivity index (χ0v) is 22.5. The lowest BCUT2D eigenvalue weighted by Crippen LogP contribution is -2.14. The lowest BCUT2D eigenvalue weighted by atomic mass is 9.96. The number of aryl methyl sites for hydroxylation is 1. The Hall–Kier alpha value is -1.54. The fourth-order valence-electron chi connectivity index (χ4n) is 4.56. The Kier molecular flexibility index (Phi) is 15.8. The van der Waals surface area contributed by atoms with Gasteiger partial charge in [0.05, 0.1) is 0 Å². The predicted octanol–water partition coefficient (Wildman–Crippen LogP) is 7.52. The Bertz CT molecular complexity index is 791. The predicted molar refractivity (Wildman–Crippen MR) is 146 cm³/mol. The quantitative estimate of drug-likeness (QED) is 0.144. The van der Waals surface area contributed by atoms with Gasteiger partial charge in [0.25, 0.3) is 0 Å². The summed E-state index contributed by atoms with van der Waals surface area (Å²) in [6.45, 7) is 1.75. The number of ether oxygens (including phenoxy) is 2. The third kappa shape index (κ3) is 11.3. The molecule has 0 fully saturated rings. The third-order valence-electron chi connectivity index (χ3n) is 6.53. The summed E-state index contributed by atoms with van der Waals surface area (Å²) >= 11 is 0. The minimum atomic E-state index is -1.55. The lowest BCUT2D eigenvalue weighted by molar-refractivity contribution is 0.192. The molecule has 0 heterocycles. The Labute approximate surface area is 209 Å². The molecular weight excluding hydrogens is 439 g/mol. The maximum absolute atomic E-state index is 13.5. The molecule has 0 N–H and O–H groups in total. The van der Waals surface area contributed by atoms with E-state index in [4.69, 9.17) is 9.47 Å². The van der Waals surface area contributed by atoms with Gasteiger partial charge in [-0.2, -0.15) is 0 Å². The first kappa shape index (κ1) is 28.7. The summed E-state index contributed by atoms with van der Waals surface area (Å²) in [4.78, 5) is 0. The van der Waals surface area contributed by atoms with Crippen LogP contribution in [0.5, 0.6) is 0 Å². The molecule has 0 bridgehead atoms. The molecule has 2 rings (SSSR count). The van der Waals surface area contributed by atoms with Crippen LogP contribution >= 0.6 is 7.80 Å². The van der Waals surface area contributed by atoms with E-state index in [0.29, 0.717) is 0 Å². The second-order valence-corrected chi connectivity index (χ2v) is 10.9. The minimum absolute atomic E-state index is 0.871. The molecule has 1 unspecified atom stereocenters. The number of hydrogen-bond donors (Lipinski definition) is 0. The highest BCUT2D eigenvalue weighted by Gasteiger charge is 2.27. The molecule has 0 spiro atoms.